The Labute approximate surface area is 133 Å². The zero-order valence-electron chi connectivity index (χ0n) is 12.7. The number of hydrogen-bond donors (Lipinski definition) is 3. The molecule has 1 atom stereocenters. The van der Waals surface area contributed by atoms with Gasteiger partial charge >= 0.3 is 5.97 Å². The van der Waals surface area contributed by atoms with Crippen LogP contribution < -0.4 is 5.32 Å². The first kappa shape index (κ1) is 16.4. The largest absolute Gasteiger partial charge is 0.508 e. The van der Waals surface area contributed by atoms with Crippen LogP contribution in [0.1, 0.15) is 27.5 Å². The molecule has 2 aromatic carbocycles. The van der Waals surface area contributed by atoms with E-state index in [1.54, 1.807) is 25.1 Å². The molecule has 0 spiro atoms. The van der Waals surface area contributed by atoms with Crippen LogP contribution >= 0.6 is 0 Å². The Morgan fingerprint density at radius 1 is 1.13 bits per heavy atom. The quantitative estimate of drug-likeness (QED) is 0.751. The number of esters is 1. The molecule has 3 N–H and O–H groups in total. The van der Waals surface area contributed by atoms with E-state index in [-0.39, 0.29) is 17.1 Å². The number of benzene rings is 2. The SMILES string of the molecule is COC(=O)C(NC(=O)c1cc(C)ccc1O)c1cccc(O)c1. The van der Waals surface area contributed by atoms with Crippen LogP contribution in [-0.2, 0) is 9.53 Å². The van der Waals surface area contributed by atoms with E-state index in [1.807, 2.05) is 0 Å². The van der Waals surface area contributed by atoms with Crippen LogP contribution in [0.5, 0.6) is 11.5 Å². The molecule has 6 nitrogen and oxygen atoms in total. The number of phenolic OH excluding ortho intramolecular Hbond substituents is 2. The summed E-state index contributed by atoms with van der Waals surface area (Å²) in [6.07, 6.45) is 0. The number of nitrogens with one attached hydrogen (secondary N) is 1. The van der Waals surface area contributed by atoms with Gasteiger partial charge in [-0.1, -0.05) is 23.8 Å². The van der Waals surface area contributed by atoms with E-state index in [0.717, 1.165) is 5.56 Å². The third-order valence-corrected chi connectivity index (χ3v) is 3.31. The summed E-state index contributed by atoms with van der Waals surface area (Å²) in [6, 6.07) is 9.44. The van der Waals surface area contributed by atoms with E-state index in [0.29, 0.717) is 5.56 Å². The number of phenols is 2. The summed E-state index contributed by atoms with van der Waals surface area (Å²) in [6.45, 7) is 1.78. The minimum absolute atomic E-state index is 0.0379. The summed E-state index contributed by atoms with van der Waals surface area (Å²) >= 11 is 0. The Kier molecular flexibility index (Phi) is 4.85. The molecule has 23 heavy (non-hydrogen) atoms. The van der Waals surface area contributed by atoms with Crippen molar-refractivity contribution in [3.63, 3.8) is 0 Å². The zero-order valence-corrected chi connectivity index (χ0v) is 12.7. The smallest absolute Gasteiger partial charge is 0.333 e. The second kappa shape index (κ2) is 6.83. The van der Waals surface area contributed by atoms with Crippen LogP contribution in [0.3, 0.4) is 0 Å². The third kappa shape index (κ3) is 3.79. The second-order valence-electron chi connectivity index (χ2n) is 5.05. The first-order valence-corrected chi connectivity index (χ1v) is 6.89. The predicted molar refractivity (Wildman–Crippen MR) is 83.2 cm³/mol. The number of rotatable bonds is 4. The van der Waals surface area contributed by atoms with Crippen LogP contribution in [0.25, 0.3) is 0 Å². The Bertz CT molecular complexity index is 742. The van der Waals surface area contributed by atoms with E-state index in [2.05, 4.69) is 5.32 Å². The van der Waals surface area contributed by atoms with E-state index < -0.39 is 17.9 Å². The van der Waals surface area contributed by atoms with Crippen LogP contribution in [0.4, 0.5) is 0 Å². The fourth-order valence-corrected chi connectivity index (χ4v) is 2.14. The molecule has 120 valence electrons. The van der Waals surface area contributed by atoms with Crippen molar-refractivity contribution in [1.29, 1.82) is 0 Å². The lowest BCUT2D eigenvalue weighted by molar-refractivity contribution is -0.143. The molecule has 0 fully saturated rings. The Hall–Kier alpha value is -3.02. The molecule has 1 unspecified atom stereocenters. The number of carbonyl (C=O) groups is 2. The molecule has 0 radical (unpaired) electrons. The number of aryl methyl sites for hydroxylation is 1. The molecule has 2 rings (SSSR count). The fourth-order valence-electron chi connectivity index (χ4n) is 2.14. The number of ether oxygens (including phenoxy) is 1. The Morgan fingerprint density at radius 2 is 1.87 bits per heavy atom. The van der Waals surface area contributed by atoms with Gasteiger partial charge in [0.25, 0.3) is 5.91 Å². The molecule has 0 aromatic heterocycles. The summed E-state index contributed by atoms with van der Waals surface area (Å²) in [4.78, 5) is 24.3. The highest BCUT2D eigenvalue weighted by molar-refractivity contribution is 5.99. The molecule has 0 aliphatic rings. The van der Waals surface area contributed by atoms with Gasteiger partial charge in [-0.15, -0.1) is 0 Å². The monoisotopic (exact) mass is 315 g/mol. The maximum Gasteiger partial charge on any atom is 0.333 e. The third-order valence-electron chi connectivity index (χ3n) is 3.31. The maximum atomic E-state index is 12.4. The van der Waals surface area contributed by atoms with Crippen LogP contribution in [0.2, 0.25) is 0 Å². The van der Waals surface area contributed by atoms with Gasteiger partial charge in [-0.3, -0.25) is 4.79 Å². The highest BCUT2D eigenvalue weighted by Gasteiger charge is 2.25. The molecule has 0 saturated heterocycles. The number of aromatic hydroxyl groups is 2. The maximum absolute atomic E-state index is 12.4. The van der Waals surface area contributed by atoms with E-state index in [9.17, 15) is 19.8 Å². The first-order chi connectivity index (χ1) is 10.9. The molecular formula is C17H17NO5. The van der Waals surface area contributed by atoms with Crippen LogP contribution in [0, 0.1) is 6.92 Å². The molecule has 0 aliphatic heterocycles. The molecule has 0 heterocycles. The van der Waals surface area contributed by atoms with Crippen LogP contribution in [-0.4, -0.2) is 29.2 Å². The lowest BCUT2D eigenvalue weighted by Crippen LogP contribution is -2.34. The van der Waals surface area contributed by atoms with Gasteiger partial charge in [0.2, 0.25) is 0 Å². The average Bonchev–Trinajstić information content (AvgIpc) is 2.53. The van der Waals surface area contributed by atoms with E-state index >= 15 is 0 Å². The predicted octanol–water partition coefficient (Wildman–Crippen LogP) is 2.05. The van der Waals surface area contributed by atoms with Crippen molar-refractivity contribution >= 4 is 11.9 Å². The standard InChI is InChI=1S/C17H17NO5/c1-10-6-7-14(20)13(8-10)16(21)18-15(17(22)23-2)11-4-3-5-12(19)9-11/h3-9,15,19-20H,1-2H3,(H,18,21). The topological polar surface area (TPSA) is 95.9 Å². The summed E-state index contributed by atoms with van der Waals surface area (Å²) in [5.74, 6) is -1.53. The number of hydrogen-bond acceptors (Lipinski definition) is 5. The van der Waals surface area contributed by atoms with E-state index in [4.69, 9.17) is 4.74 Å². The van der Waals surface area contributed by atoms with Gasteiger partial charge in [0, 0.05) is 0 Å². The van der Waals surface area contributed by atoms with E-state index in [1.165, 1.54) is 31.4 Å². The van der Waals surface area contributed by atoms with Gasteiger partial charge in [-0.05, 0) is 36.8 Å². The highest BCUT2D eigenvalue weighted by atomic mass is 16.5. The number of amides is 1. The number of carbonyl (C=O) groups excluding carboxylic acids is 2. The molecule has 0 bridgehead atoms. The normalized spacial score (nSPS) is 11.6. The second-order valence-corrected chi connectivity index (χ2v) is 5.05. The Morgan fingerprint density at radius 3 is 2.52 bits per heavy atom. The average molecular weight is 315 g/mol. The van der Waals surface area contributed by atoms with Crippen molar-refractivity contribution in [2.45, 2.75) is 13.0 Å². The molecule has 1 amide bonds. The van der Waals surface area contributed by atoms with Crippen molar-refractivity contribution in [3.8, 4) is 11.5 Å². The van der Waals surface area contributed by atoms with Gasteiger partial charge in [0.1, 0.15) is 11.5 Å². The van der Waals surface area contributed by atoms with Crippen molar-refractivity contribution < 1.29 is 24.5 Å². The number of methoxy groups -OCH3 is 1. The van der Waals surface area contributed by atoms with Gasteiger partial charge in [-0.2, -0.15) is 0 Å². The lowest BCUT2D eigenvalue weighted by Gasteiger charge is -2.17. The van der Waals surface area contributed by atoms with Crippen LogP contribution in [0.15, 0.2) is 42.5 Å². The Balaban J connectivity index is 2.33. The summed E-state index contributed by atoms with van der Waals surface area (Å²) in [5.41, 5.74) is 1.22. The minimum Gasteiger partial charge on any atom is -0.508 e. The zero-order chi connectivity index (χ0) is 17.0. The molecule has 0 saturated carbocycles. The lowest BCUT2D eigenvalue weighted by atomic mass is 10.0. The summed E-state index contributed by atoms with van der Waals surface area (Å²) in [5, 5.41) is 21.9. The molecule has 6 heteroatoms. The minimum atomic E-state index is -1.10. The van der Waals surface area contributed by atoms with Crippen molar-refractivity contribution in [2.75, 3.05) is 7.11 Å². The van der Waals surface area contributed by atoms with Crippen molar-refractivity contribution in [1.82, 2.24) is 5.32 Å². The summed E-state index contributed by atoms with van der Waals surface area (Å²) in [7, 11) is 1.20. The van der Waals surface area contributed by atoms with Gasteiger partial charge in [-0.25, -0.2) is 4.79 Å². The van der Waals surface area contributed by atoms with Gasteiger partial charge < -0.3 is 20.3 Å². The molecule has 0 aliphatic carbocycles. The summed E-state index contributed by atoms with van der Waals surface area (Å²) < 4.78 is 4.70. The molecular weight excluding hydrogens is 298 g/mol. The fraction of sp³-hybridized carbons (Fsp3) is 0.176. The van der Waals surface area contributed by atoms with Gasteiger partial charge in [0.15, 0.2) is 6.04 Å². The molecule has 2 aromatic rings. The first-order valence-electron chi connectivity index (χ1n) is 6.89. The van der Waals surface area contributed by atoms with Crippen molar-refractivity contribution in [2.24, 2.45) is 0 Å². The van der Waals surface area contributed by atoms with Crippen molar-refractivity contribution in [3.05, 3.63) is 59.2 Å². The highest BCUT2D eigenvalue weighted by Crippen LogP contribution is 2.22. The van der Waals surface area contributed by atoms with Gasteiger partial charge in [0.05, 0.1) is 12.7 Å².